The molecule has 1 heteroatoms. The molecule has 1 aromatic rings. The highest BCUT2D eigenvalue weighted by Gasteiger charge is 1.81. The number of hydrogen-bond donors (Lipinski definition) is 0. The second-order valence-electron chi connectivity index (χ2n) is 1.98. The van der Waals surface area contributed by atoms with E-state index in [9.17, 15) is 0 Å². The van der Waals surface area contributed by atoms with E-state index in [1.807, 2.05) is 15.9 Å². The zero-order chi connectivity index (χ0) is 6.53. The van der Waals surface area contributed by atoms with E-state index >= 15 is 0 Å². The second-order valence-corrected chi connectivity index (χ2v) is 2.56. The molecule has 0 aliphatic rings. The molecule has 0 nitrogen and oxygen atoms in total. The van der Waals surface area contributed by atoms with Crippen LogP contribution in [-0.4, -0.2) is 15.5 Å². The summed E-state index contributed by atoms with van der Waals surface area (Å²) in [5.74, 6) is 0. The first kappa shape index (κ1) is 6.43. The van der Waals surface area contributed by atoms with Gasteiger partial charge in [0.15, 0.2) is 0 Å². The van der Waals surface area contributed by atoms with Crippen LogP contribution in [-0.2, 0) is 6.42 Å². The summed E-state index contributed by atoms with van der Waals surface area (Å²) in [6.45, 7) is 0. The Morgan fingerprint density at radius 3 is 2.44 bits per heavy atom. The molecule has 0 aliphatic carbocycles. The average molecular weight is 134 g/mol. The van der Waals surface area contributed by atoms with Crippen LogP contribution in [0, 0.1) is 0 Å². The third-order valence-corrected chi connectivity index (χ3v) is 1.51. The lowest BCUT2D eigenvalue weighted by atomic mass is 10.2. The third kappa shape index (κ3) is 1.94. The van der Waals surface area contributed by atoms with Crippen LogP contribution >= 0.6 is 0 Å². The topological polar surface area (TPSA) is 0 Å². The normalized spacial score (nSPS) is 8.89. The fraction of sp³-hybridized carbons (Fsp3) is 0.125. The first-order chi connectivity index (χ1) is 4.43. The van der Waals surface area contributed by atoms with E-state index in [0.29, 0.717) is 0 Å². The first-order valence-corrected chi connectivity index (χ1v) is 3.90. The molecule has 0 atom stereocenters. The van der Waals surface area contributed by atoms with Gasteiger partial charge in [-0.1, -0.05) is 30.3 Å². The second kappa shape index (κ2) is 3.36. The molecule has 0 aromatic heterocycles. The van der Waals surface area contributed by atoms with E-state index in [1.54, 1.807) is 0 Å². The van der Waals surface area contributed by atoms with Gasteiger partial charge in [0, 0.05) is 0 Å². The van der Waals surface area contributed by atoms with Gasteiger partial charge >= 0.3 is 0 Å². The van der Waals surface area contributed by atoms with E-state index in [4.69, 9.17) is 0 Å². The van der Waals surface area contributed by atoms with Gasteiger partial charge in [0.05, 0.1) is 0 Å². The molecule has 0 saturated carbocycles. The van der Waals surface area contributed by atoms with Crippen LogP contribution < -0.4 is 0 Å². The van der Waals surface area contributed by atoms with Crippen LogP contribution in [0.4, 0.5) is 0 Å². The summed E-state index contributed by atoms with van der Waals surface area (Å²) in [5.41, 5.74) is 3.59. The lowest BCUT2D eigenvalue weighted by Crippen LogP contribution is -1.83. The zero-order valence-electron chi connectivity index (χ0n) is 5.38. The molecule has 0 amide bonds. The Morgan fingerprint density at radius 1 is 1.22 bits per heavy atom. The highest BCUT2D eigenvalue weighted by Crippen LogP contribution is 1.96. The van der Waals surface area contributed by atoms with Crippen molar-refractivity contribution in [1.29, 1.82) is 0 Å². The van der Waals surface area contributed by atoms with Gasteiger partial charge in [0.25, 0.3) is 0 Å². The maximum absolute atomic E-state index is 2.19. The van der Waals surface area contributed by atoms with Crippen molar-refractivity contribution in [1.82, 2.24) is 0 Å². The Hall–Kier alpha value is -0.693. The Morgan fingerprint density at radius 2 is 1.89 bits per heavy atom. The predicted molar refractivity (Wildman–Crippen MR) is 44.8 cm³/mol. The van der Waals surface area contributed by atoms with Crippen molar-refractivity contribution in [2.75, 3.05) is 0 Å². The molecule has 0 N–H and O–H groups in total. The first-order valence-electron chi connectivity index (χ1n) is 3.08. The summed E-state index contributed by atoms with van der Waals surface area (Å²) < 4.78 is 0. The highest BCUT2D eigenvalue weighted by molar-refractivity contribution is 6.27. The van der Waals surface area contributed by atoms with Crippen molar-refractivity contribution in [2.45, 2.75) is 6.42 Å². The molecule has 9 heavy (non-hydrogen) atoms. The molecule has 0 spiro atoms. The van der Waals surface area contributed by atoms with Gasteiger partial charge in [-0.15, -0.1) is 5.67 Å². The maximum Gasteiger partial charge on any atom is -0.0142 e. The minimum absolute atomic E-state index is 1.10. The predicted octanol–water partition coefficient (Wildman–Crippen LogP) is 0.664. The number of benzene rings is 1. The lowest BCUT2D eigenvalue weighted by Gasteiger charge is -1.91. The van der Waals surface area contributed by atoms with Gasteiger partial charge in [-0.05, 0) is 21.8 Å². The molecule has 0 saturated heterocycles. The summed E-state index contributed by atoms with van der Waals surface area (Å²) >= 11 is 0. The van der Waals surface area contributed by atoms with Gasteiger partial charge in [-0.2, -0.15) is 0 Å². The Labute approximate surface area is 58.6 Å². The van der Waals surface area contributed by atoms with Gasteiger partial charge in [0.1, 0.15) is 0 Å². The average Bonchev–Trinajstić information content (AvgIpc) is 1.91. The summed E-state index contributed by atoms with van der Waals surface area (Å²) in [6.07, 6.45) is 1.10. The summed E-state index contributed by atoms with van der Waals surface area (Å²) in [4.78, 5) is 0. The number of rotatable bonds is 2. The van der Waals surface area contributed by atoms with Gasteiger partial charge in [-0.25, -0.2) is 0 Å². The summed E-state index contributed by atoms with van der Waals surface area (Å²) in [6, 6.07) is 10.5. The van der Waals surface area contributed by atoms with Crippen LogP contribution in [0.5, 0.6) is 0 Å². The van der Waals surface area contributed by atoms with E-state index in [0.717, 1.165) is 6.42 Å². The largest absolute Gasteiger partial charge is 0.105 e. The molecule has 0 aliphatic heterocycles. The molecule has 1 aromatic carbocycles. The van der Waals surface area contributed by atoms with Crippen molar-refractivity contribution in [3.63, 3.8) is 0 Å². The molecule has 0 fully saturated rings. The molecule has 1 rings (SSSR count). The van der Waals surface area contributed by atoms with Gasteiger partial charge in [-0.3, -0.25) is 0 Å². The Bertz CT molecular complexity index is 179. The number of hydrogen-bond acceptors (Lipinski definition) is 0. The molecule has 0 radical (unpaired) electrons. The van der Waals surface area contributed by atoms with Crippen molar-refractivity contribution in [3.8, 4) is 0 Å². The molecular formula is C8H10Si. The van der Waals surface area contributed by atoms with Crippen LogP contribution in [0.25, 0.3) is 0 Å². The van der Waals surface area contributed by atoms with Crippen molar-refractivity contribution >= 4 is 15.5 Å². The van der Waals surface area contributed by atoms with Crippen LogP contribution in [0.3, 0.4) is 0 Å². The lowest BCUT2D eigenvalue weighted by molar-refractivity contribution is 1.38. The van der Waals surface area contributed by atoms with Crippen molar-refractivity contribution in [2.24, 2.45) is 0 Å². The summed E-state index contributed by atoms with van der Waals surface area (Å²) in [5, 5.41) is 0. The van der Waals surface area contributed by atoms with Crippen molar-refractivity contribution in [3.05, 3.63) is 35.9 Å². The van der Waals surface area contributed by atoms with E-state index in [-0.39, 0.29) is 0 Å². The van der Waals surface area contributed by atoms with E-state index in [1.165, 1.54) is 5.56 Å². The quantitative estimate of drug-likeness (QED) is 0.521. The SMILES string of the molecule is [SiH2]=CCc1ccccc1. The van der Waals surface area contributed by atoms with Gasteiger partial charge < -0.3 is 0 Å². The maximum atomic E-state index is 2.19. The molecule has 0 heterocycles. The molecule has 0 bridgehead atoms. The fourth-order valence-electron chi connectivity index (χ4n) is 0.781. The van der Waals surface area contributed by atoms with Crippen LogP contribution in [0.1, 0.15) is 5.56 Å². The summed E-state index contributed by atoms with van der Waals surface area (Å²) in [7, 11) is 1.90. The fourth-order valence-corrected chi connectivity index (χ4v) is 1.11. The van der Waals surface area contributed by atoms with Gasteiger partial charge in [0.2, 0.25) is 0 Å². The molecular weight excluding hydrogens is 124 g/mol. The minimum Gasteiger partial charge on any atom is -0.105 e. The Kier molecular flexibility index (Phi) is 2.40. The van der Waals surface area contributed by atoms with Crippen molar-refractivity contribution < 1.29 is 0 Å². The molecule has 0 unspecified atom stereocenters. The molecule has 46 valence electrons. The van der Waals surface area contributed by atoms with Crippen LogP contribution in [0.15, 0.2) is 30.3 Å². The monoisotopic (exact) mass is 134 g/mol. The minimum atomic E-state index is 1.10. The third-order valence-electron chi connectivity index (χ3n) is 1.22. The Balaban J connectivity index is 2.72. The standard InChI is InChI=1S/C8H10Si/c9-7-6-8-4-2-1-3-5-8/h1-5,7H,6,9H2. The highest BCUT2D eigenvalue weighted by atomic mass is 28.1. The zero-order valence-corrected chi connectivity index (χ0v) is 6.79. The van der Waals surface area contributed by atoms with E-state index in [2.05, 4.69) is 29.9 Å². The smallest absolute Gasteiger partial charge is 0.0142 e. The van der Waals surface area contributed by atoms with Crippen LogP contribution in [0.2, 0.25) is 0 Å². The van der Waals surface area contributed by atoms with E-state index < -0.39 is 0 Å².